The molecule has 0 heterocycles. The van der Waals surface area contributed by atoms with Crippen LogP contribution in [0.4, 0.5) is 0 Å². The molecule has 0 spiro atoms. The molecule has 1 heteroatoms. The van der Waals surface area contributed by atoms with Gasteiger partial charge in [-0.05, 0) is 0 Å². The van der Waals surface area contributed by atoms with E-state index in [1.54, 1.807) is 26.2 Å². The van der Waals surface area contributed by atoms with E-state index in [0.29, 0.717) is 0 Å². The second-order valence-corrected chi connectivity index (χ2v) is 16.4. The summed E-state index contributed by atoms with van der Waals surface area (Å²) < 4.78 is 5.09. The van der Waals surface area contributed by atoms with Gasteiger partial charge < -0.3 is 0 Å². The molecule has 0 N–H and O–H groups in total. The van der Waals surface area contributed by atoms with Crippen LogP contribution in [0, 0.1) is 11.8 Å². The van der Waals surface area contributed by atoms with E-state index in [9.17, 15) is 0 Å². The molecule has 21 heavy (non-hydrogen) atoms. The first kappa shape index (κ1) is 21.8. The van der Waals surface area contributed by atoms with Crippen molar-refractivity contribution in [1.29, 1.82) is 0 Å². The predicted octanol–water partition coefficient (Wildman–Crippen LogP) is 7.71. The molecule has 0 aliphatic heterocycles. The second kappa shape index (κ2) is 15.7. The number of unbranched alkanes of at least 4 members (excludes halogenated alkanes) is 5. The van der Waals surface area contributed by atoms with Crippen molar-refractivity contribution in [3.63, 3.8) is 0 Å². The Morgan fingerprint density at radius 3 is 1.38 bits per heavy atom. The van der Waals surface area contributed by atoms with Crippen molar-refractivity contribution in [2.24, 2.45) is 11.8 Å². The Morgan fingerprint density at radius 1 is 0.571 bits per heavy atom. The van der Waals surface area contributed by atoms with E-state index < -0.39 is 19.8 Å². The van der Waals surface area contributed by atoms with Crippen LogP contribution in [0.2, 0.25) is 13.3 Å². The fourth-order valence-corrected chi connectivity index (χ4v) is 11.9. The van der Waals surface area contributed by atoms with Gasteiger partial charge in [0.25, 0.3) is 0 Å². The van der Waals surface area contributed by atoms with Crippen molar-refractivity contribution in [1.82, 2.24) is 0 Å². The summed E-state index contributed by atoms with van der Waals surface area (Å²) in [6.07, 6.45) is 15.0. The van der Waals surface area contributed by atoms with Crippen LogP contribution in [0.5, 0.6) is 0 Å². The van der Waals surface area contributed by atoms with E-state index in [4.69, 9.17) is 0 Å². The van der Waals surface area contributed by atoms with Crippen LogP contribution in [0.3, 0.4) is 0 Å². The molecule has 0 aliphatic rings. The van der Waals surface area contributed by atoms with Gasteiger partial charge in [-0.15, -0.1) is 0 Å². The quantitative estimate of drug-likeness (QED) is 0.194. The summed E-state index contributed by atoms with van der Waals surface area (Å²) in [5.74, 6) is 1.81. The molecule has 0 unspecified atom stereocenters. The molecular formula is C20H43Sn+. The zero-order valence-electron chi connectivity index (χ0n) is 15.8. The fraction of sp³-hybridized carbons (Fsp3) is 1.00. The molecule has 0 nitrogen and oxygen atoms in total. The summed E-state index contributed by atoms with van der Waals surface area (Å²) in [7, 11) is 0. The minimum absolute atomic E-state index is 0.907. The molecule has 0 radical (unpaired) electrons. The van der Waals surface area contributed by atoms with E-state index in [1.807, 2.05) is 0 Å². The van der Waals surface area contributed by atoms with Crippen LogP contribution >= 0.6 is 0 Å². The summed E-state index contributed by atoms with van der Waals surface area (Å²) in [4.78, 5) is 0. The molecule has 0 rings (SSSR count). The van der Waals surface area contributed by atoms with Gasteiger partial charge in [-0.1, -0.05) is 0 Å². The first-order valence-electron chi connectivity index (χ1n) is 9.89. The van der Waals surface area contributed by atoms with Gasteiger partial charge in [0.1, 0.15) is 0 Å². The first-order valence-corrected chi connectivity index (χ1v) is 15.9. The third kappa shape index (κ3) is 17.0. The van der Waals surface area contributed by atoms with E-state index in [2.05, 4.69) is 34.6 Å². The fourth-order valence-electron chi connectivity index (χ4n) is 3.01. The van der Waals surface area contributed by atoms with Gasteiger partial charge in [0.05, 0.1) is 0 Å². The van der Waals surface area contributed by atoms with Gasteiger partial charge >= 0.3 is 144 Å². The van der Waals surface area contributed by atoms with Crippen molar-refractivity contribution in [3.05, 3.63) is 0 Å². The van der Waals surface area contributed by atoms with Gasteiger partial charge in [0.2, 0.25) is 0 Å². The van der Waals surface area contributed by atoms with Gasteiger partial charge in [0.15, 0.2) is 0 Å². The number of hydrogen-bond donors (Lipinski definition) is 0. The molecule has 0 saturated heterocycles. The molecule has 0 aromatic carbocycles. The zero-order valence-corrected chi connectivity index (χ0v) is 18.7. The second-order valence-electron chi connectivity index (χ2n) is 7.84. The standard InChI is InChI=1S/2C8H17.C4H9.Sn/c2*1-4-5-6-7-8(2)3;1-3-4-2;/h2*8H,1,4-7H2,2-3H3;1,3-4H2,2H3;/q;;;+1. The summed E-state index contributed by atoms with van der Waals surface area (Å²) in [5.41, 5.74) is 0. The van der Waals surface area contributed by atoms with E-state index in [-0.39, 0.29) is 0 Å². The molecule has 0 aromatic heterocycles. The SMILES string of the molecule is CCC[CH2][Sn+]([CH2]CCCCC(C)C)[CH2]CCCCC(C)C. The van der Waals surface area contributed by atoms with Gasteiger partial charge in [-0.2, -0.15) is 0 Å². The zero-order chi connectivity index (χ0) is 15.9. The number of hydrogen-bond acceptors (Lipinski definition) is 0. The Morgan fingerprint density at radius 2 is 1.00 bits per heavy atom. The summed E-state index contributed by atoms with van der Waals surface area (Å²) in [6.45, 7) is 11.8. The topological polar surface area (TPSA) is 0 Å². The predicted molar refractivity (Wildman–Crippen MR) is 102 cm³/mol. The van der Waals surface area contributed by atoms with E-state index in [1.165, 1.54) is 51.4 Å². The Balaban J connectivity index is 3.66. The van der Waals surface area contributed by atoms with Crippen LogP contribution in [0.15, 0.2) is 0 Å². The maximum atomic E-state index is 2.37. The van der Waals surface area contributed by atoms with Crippen LogP contribution in [0.25, 0.3) is 0 Å². The minimum atomic E-state index is -0.975. The molecular weight excluding hydrogens is 359 g/mol. The molecule has 0 bridgehead atoms. The summed E-state index contributed by atoms with van der Waals surface area (Å²) >= 11 is -0.975. The molecule has 0 aromatic rings. The molecule has 0 amide bonds. The Bertz CT molecular complexity index is 180. The average molecular weight is 402 g/mol. The maximum absolute atomic E-state index is 2.37. The Hall–Kier alpha value is 0.799. The van der Waals surface area contributed by atoms with Crippen LogP contribution in [0.1, 0.15) is 98.8 Å². The molecule has 0 atom stereocenters. The first-order chi connectivity index (χ1) is 10.1. The van der Waals surface area contributed by atoms with Gasteiger partial charge in [-0.25, -0.2) is 0 Å². The average Bonchev–Trinajstić information content (AvgIpc) is 2.42. The van der Waals surface area contributed by atoms with E-state index in [0.717, 1.165) is 11.8 Å². The van der Waals surface area contributed by atoms with Crippen molar-refractivity contribution in [3.8, 4) is 0 Å². The molecule has 0 fully saturated rings. The summed E-state index contributed by atoms with van der Waals surface area (Å²) in [5, 5.41) is 0. The van der Waals surface area contributed by atoms with Crippen molar-refractivity contribution in [2.45, 2.75) is 112 Å². The van der Waals surface area contributed by atoms with Crippen LogP contribution in [-0.2, 0) is 0 Å². The Kier molecular flexibility index (Phi) is 16.3. The monoisotopic (exact) mass is 403 g/mol. The third-order valence-corrected chi connectivity index (χ3v) is 13.6. The normalized spacial score (nSPS) is 11.6. The van der Waals surface area contributed by atoms with Crippen molar-refractivity contribution in [2.75, 3.05) is 0 Å². The van der Waals surface area contributed by atoms with Crippen molar-refractivity contribution < 1.29 is 0 Å². The van der Waals surface area contributed by atoms with Crippen LogP contribution in [-0.4, -0.2) is 19.8 Å². The third-order valence-electron chi connectivity index (χ3n) is 4.51. The molecule has 0 aliphatic carbocycles. The van der Waals surface area contributed by atoms with Gasteiger partial charge in [0, 0.05) is 0 Å². The van der Waals surface area contributed by atoms with E-state index >= 15 is 0 Å². The van der Waals surface area contributed by atoms with Crippen LogP contribution < -0.4 is 0 Å². The number of rotatable bonds is 15. The summed E-state index contributed by atoms with van der Waals surface area (Å²) in [6, 6.07) is 0. The Labute approximate surface area is 143 Å². The van der Waals surface area contributed by atoms with Crippen molar-refractivity contribution >= 4 is 19.8 Å². The molecule has 0 saturated carbocycles. The molecule has 126 valence electrons. The van der Waals surface area contributed by atoms with Gasteiger partial charge in [-0.3, -0.25) is 0 Å².